The zero-order valence-electron chi connectivity index (χ0n) is 13.7. The first-order chi connectivity index (χ1) is 10.6. The summed E-state index contributed by atoms with van der Waals surface area (Å²) >= 11 is 0. The van der Waals surface area contributed by atoms with Gasteiger partial charge in [-0.2, -0.15) is 0 Å². The number of hydrogen-bond acceptors (Lipinski definition) is 2. The third-order valence-corrected chi connectivity index (χ3v) is 5.01. The fourth-order valence-corrected chi connectivity index (χ4v) is 4.04. The van der Waals surface area contributed by atoms with Crippen LogP contribution in [0.2, 0.25) is 0 Å². The molecule has 0 aromatic carbocycles. The molecule has 0 bridgehead atoms. The van der Waals surface area contributed by atoms with E-state index in [1.165, 1.54) is 25.7 Å². The molecular formula is C17H27N3O2. The number of carbonyl (C=O) groups is 1. The lowest BCUT2D eigenvalue weighted by molar-refractivity contribution is -0.117. The number of H-pyrrole nitrogens is 1. The number of rotatable bonds is 3. The van der Waals surface area contributed by atoms with Crippen LogP contribution in [0.25, 0.3) is 0 Å². The maximum Gasteiger partial charge on any atom is 0.269 e. The average Bonchev–Trinajstić information content (AvgIpc) is 2.64. The molecule has 2 heterocycles. The van der Waals surface area contributed by atoms with Gasteiger partial charge in [-0.05, 0) is 25.2 Å². The predicted octanol–water partition coefficient (Wildman–Crippen LogP) is 3.54. The first-order valence-electron chi connectivity index (χ1n) is 8.70. The van der Waals surface area contributed by atoms with E-state index in [9.17, 15) is 9.59 Å². The van der Waals surface area contributed by atoms with E-state index >= 15 is 0 Å². The van der Waals surface area contributed by atoms with Crippen molar-refractivity contribution in [2.75, 3.05) is 5.32 Å². The first-order valence-corrected chi connectivity index (χ1v) is 8.70. The van der Waals surface area contributed by atoms with Gasteiger partial charge in [0.25, 0.3) is 5.56 Å². The summed E-state index contributed by atoms with van der Waals surface area (Å²) in [6, 6.07) is 0.317. The van der Waals surface area contributed by atoms with Gasteiger partial charge in [-0.25, -0.2) is 0 Å². The lowest BCUT2D eigenvalue weighted by Crippen LogP contribution is -2.27. The summed E-state index contributed by atoms with van der Waals surface area (Å²) in [5, 5.41) is 5.99. The summed E-state index contributed by atoms with van der Waals surface area (Å²) in [5.41, 5.74) is 0.794. The number of anilines is 1. The minimum Gasteiger partial charge on any atom is -0.311 e. The highest BCUT2D eigenvalue weighted by Crippen LogP contribution is 2.37. The van der Waals surface area contributed by atoms with Crippen molar-refractivity contribution in [2.24, 2.45) is 5.92 Å². The average molecular weight is 305 g/mol. The lowest BCUT2D eigenvalue weighted by Gasteiger charge is -2.26. The molecular weight excluding hydrogens is 278 g/mol. The van der Waals surface area contributed by atoms with Crippen LogP contribution in [0.15, 0.2) is 4.79 Å². The molecule has 2 aliphatic rings. The topological polar surface area (TPSA) is 66.9 Å². The Morgan fingerprint density at radius 3 is 2.45 bits per heavy atom. The number of carbonyl (C=O) groups excluding carboxylic acids is 1. The Bertz CT molecular complexity index is 592. The number of nitrogens with one attached hydrogen (secondary N) is 2. The molecule has 1 aliphatic heterocycles. The molecule has 1 aromatic rings. The SMILES string of the molecule is CC(C)C[C@H]1CC(=O)Nc2c1c(=O)[nH]n2C1CCCCCC1. The van der Waals surface area contributed by atoms with Crippen molar-refractivity contribution >= 4 is 11.7 Å². The maximum atomic E-state index is 12.5. The van der Waals surface area contributed by atoms with E-state index in [4.69, 9.17) is 0 Å². The summed E-state index contributed by atoms with van der Waals surface area (Å²) in [5.74, 6) is 1.32. The Morgan fingerprint density at radius 2 is 1.82 bits per heavy atom. The molecule has 1 aromatic heterocycles. The molecule has 0 unspecified atom stereocenters. The normalized spacial score (nSPS) is 23.2. The summed E-state index contributed by atoms with van der Waals surface area (Å²) in [6.45, 7) is 4.28. The number of aromatic amines is 1. The molecule has 3 rings (SSSR count). The van der Waals surface area contributed by atoms with Gasteiger partial charge in [0.05, 0.1) is 11.6 Å². The second kappa shape index (κ2) is 6.31. The number of hydrogen-bond donors (Lipinski definition) is 2. The van der Waals surface area contributed by atoms with Gasteiger partial charge < -0.3 is 5.32 Å². The number of aromatic nitrogens is 2. The van der Waals surface area contributed by atoms with Gasteiger partial charge in [-0.15, -0.1) is 0 Å². The summed E-state index contributed by atoms with van der Waals surface area (Å²) < 4.78 is 1.97. The van der Waals surface area contributed by atoms with Crippen molar-refractivity contribution in [3.05, 3.63) is 15.9 Å². The van der Waals surface area contributed by atoms with Crippen molar-refractivity contribution in [2.45, 2.75) is 77.2 Å². The molecule has 1 aliphatic carbocycles. The second-order valence-electron chi connectivity index (χ2n) is 7.30. The Hall–Kier alpha value is -1.52. The Kier molecular flexibility index (Phi) is 4.41. The number of fused-ring (bicyclic) bond motifs is 1. The van der Waals surface area contributed by atoms with Crippen LogP contribution in [0.5, 0.6) is 0 Å². The fraction of sp³-hybridized carbons (Fsp3) is 0.765. The van der Waals surface area contributed by atoms with Crippen molar-refractivity contribution in [3.8, 4) is 0 Å². The Balaban J connectivity index is 1.97. The van der Waals surface area contributed by atoms with Gasteiger partial charge in [0.2, 0.25) is 5.91 Å². The van der Waals surface area contributed by atoms with E-state index < -0.39 is 0 Å². The third-order valence-electron chi connectivity index (χ3n) is 5.01. The molecule has 22 heavy (non-hydrogen) atoms. The third kappa shape index (κ3) is 2.99. The minimum absolute atomic E-state index is 0.00935. The molecule has 5 heteroatoms. The molecule has 1 atom stereocenters. The first kappa shape index (κ1) is 15.4. The molecule has 1 saturated carbocycles. The Labute approximate surface area is 131 Å². The summed E-state index contributed by atoms with van der Waals surface area (Å²) in [7, 11) is 0. The van der Waals surface area contributed by atoms with E-state index in [0.717, 1.165) is 30.6 Å². The van der Waals surface area contributed by atoms with Crippen LogP contribution in [0.4, 0.5) is 5.82 Å². The largest absolute Gasteiger partial charge is 0.311 e. The predicted molar refractivity (Wildman–Crippen MR) is 87.2 cm³/mol. The molecule has 0 saturated heterocycles. The smallest absolute Gasteiger partial charge is 0.269 e. The highest BCUT2D eigenvalue weighted by atomic mass is 16.2. The minimum atomic E-state index is -0.00935. The van der Waals surface area contributed by atoms with Crippen LogP contribution >= 0.6 is 0 Å². The Morgan fingerprint density at radius 1 is 1.14 bits per heavy atom. The summed E-state index contributed by atoms with van der Waals surface area (Å²) in [6.07, 6.45) is 8.43. The highest BCUT2D eigenvalue weighted by Gasteiger charge is 2.33. The van der Waals surface area contributed by atoms with E-state index in [1.54, 1.807) is 0 Å². The number of nitrogens with zero attached hydrogens (tertiary/aromatic N) is 1. The van der Waals surface area contributed by atoms with Crippen LogP contribution in [-0.4, -0.2) is 15.7 Å². The van der Waals surface area contributed by atoms with Crippen molar-refractivity contribution in [1.82, 2.24) is 9.78 Å². The van der Waals surface area contributed by atoms with Crippen LogP contribution in [0.3, 0.4) is 0 Å². The van der Waals surface area contributed by atoms with E-state index in [0.29, 0.717) is 18.4 Å². The van der Waals surface area contributed by atoms with E-state index in [-0.39, 0.29) is 17.4 Å². The second-order valence-corrected chi connectivity index (χ2v) is 7.30. The van der Waals surface area contributed by atoms with Crippen molar-refractivity contribution in [3.63, 3.8) is 0 Å². The molecule has 1 amide bonds. The summed E-state index contributed by atoms with van der Waals surface area (Å²) in [4.78, 5) is 24.6. The van der Waals surface area contributed by atoms with Crippen molar-refractivity contribution < 1.29 is 4.79 Å². The van der Waals surface area contributed by atoms with Gasteiger partial charge in [-0.3, -0.25) is 19.4 Å². The molecule has 0 radical (unpaired) electrons. The molecule has 2 N–H and O–H groups in total. The highest BCUT2D eigenvalue weighted by molar-refractivity contribution is 5.93. The van der Waals surface area contributed by atoms with E-state index in [2.05, 4.69) is 24.3 Å². The van der Waals surface area contributed by atoms with Gasteiger partial charge >= 0.3 is 0 Å². The molecule has 122 valence electrons. The van der Waals surface area contributed by atoms with Gasteiger partial charge in [-0.1, -0.05) is 39.5 Å². The van der Waals surface area contributed by atoms with E-state index in [1.807, 2.05) is 4.68 Å². The quantitative estimate of drug-likeness (QED) is 0.839. The number of amides is 1. The fourth-order valence-electron chi connectivity index (χ4n) is 4.04. The molecule has 0 spiro atoms. The zero-order chi connectivity index (χ0) is 15.7. The van der Waals surface area contributed by atoms with Crippen LogP contribution in [0.1, 0.15) is 82.7 Å². The zero-order valence-corrected chi connectivity index (χ0v) is 13.7. The van der Waals surface area contributed by atoms with Crippen molar-refractivity contribution in [1.29, 1.82) is 0 Å². The van der Waals surface area contributed by atoms with Crippen LogP contribution in [-0.2, 0) is 4.79 Å². The van der Waals surface area contributed by atoms with Crippen LogP contribution < -0.4 is 10.9 Å². The molecule has 1 fully saturated rings. The lowest BCUT2D eigenvalue weighted by atomic mass is 9.86. The van der Waals surface area contributed by atoms with Gasteiger partial charge in [0.1, 0.15) is 5.82 Å². The van der Waals surface area contributed by atoms with Gasteiger partial charge in [0.15, 0.2) is 0 Å². The maximum absolute atomic E-state index is 12.5. The van der Waals surface area contributed by atoms with Crippen LogP contribution in [0, 0.1) is 5.92 Å². The molecule has 5 nitrogen and oxygen atoms in total. The monoisotopic (exact) mass is 305 g/mol. The standard InChI is InChI=1S/C17H27N3O2/c1-11(2)9-12-10-14(21)18-16-15(12)17(22)19-20(16)13-7-5-3-4-6-8-13/h11-13H,3-10H2,1-2H3,(H,18,21)(H,19,22)/t12-/m0/s1. The van der Waals surface area contributed by atoms with Gasteiger partial charge in [0, 0.05) is 12.3 Å².